The third-order valence-electron chi connectivity index (χ3n) is 3.49. The second kappa shape index (κ2) is 4.81. The first-order chi connectivity index (χ1) is 6.54. The van der Waals surface area contributed by atoms with Gasteiger partial charge in [0.05, 0.1) is 5.84 Å². The SMILES string of the molecule is CC(C)C(=N)N(C)C1CCCCC1C. The van der Waals surface area contributed by atoms with Gasteiger partial charge < -0.3 is 4.90 Å². The van der Waals surface area contributed by atoms with Crippen LogP contribution in [-0.4, -0.2) is 23.8 Å². The van der Waals surface area contributed by atoms with Crippen molar-refractivity contribution in [3.8, 4) is 0 Å². The Kier molecular flexibility index (Phi) is 3.97. The lowest BCUT2D eigenvalue weighted by molar-refractivity contribution is 0.199. The molecule has 14 heavy (non-hydrogen) atoms. The molecule has 0 aliphatic heterocycles. The minimum absolute atomic E-state index is 0.356. The molecule has 1 aliphatic carbocycles. The van der Waals surface area contributed by atoms with Crippen molar-refractivity contribution < 1.29 is 0 Å². The molecule has 2 nitrogen and oxygen atoms in total. The first-order valence-corrected chi connectivity index (χ1v) is 5.85. The molecular weight excluding hydrogens is 172 g/mol. The largest absolute Gasteiger partial charge is 0.360 e. The highest BCUT2D eigenvalue weighted by atomic mass is 15.2. The van der Waals surface area contributed by atoms with Crippen LogP contribution < -0.4 is 0 Å². The maximum Gasteiger partial charge on any atom is 0.0983 e. The highest BCUT2D eigenvalue weighted by Crippen LogP contribution is 2.28. The topological polar surface area (TPSA) is 27.1 Å². The maximum atomic E-state index is 8.00. The smallest absolute Gasteiger partial charge is 0.0983 e. The van der Waals surface area contributed by atoms with Gasteiger partial charge in [0, 0.05) is 19.0 Å². The summed E-state index contributed by atoms with van der Waals surface area (Å²) >= 11 is 0. The summed E-state index contributed by atoms with van der Waals surface area (Å²) in [5.74, 6) is 1.91. The summed E-state index contributed by atoms with van der Waals surface area (Å²) in [5.41, 5.74) is 0. The van der Waals surface area contributed by atoms with E-state index in [0.717, 1.165) is 11.8 Å². The van der Waals surface area contributed by atoms with Crippen LogP contribution in [0.15, 0.2) is 0 Å². The molecule has 0 heterocycles. The van der Waals surface area contributed by atoms with E-state index in [0.29, 0.717) is 12.0 Å². The molecule has 0 aromatic rings. The molecule has 82 valence electrons. The van der Waals surface area contributed by atoms with Crippen molar-refractivity contribution in [3.05, 3.63) is 0 Å². The van der Waals surface area contributed by atoms with Crippen LogP contribution in [-0.2, 0) is 0 Å². The van der Waals surface area contributed by atoms with Gasteiger partial charge in [-0.3, -0.25) is 5.41 Å². The van der Waals surface area contributed by atoms with Crippen molar-refractivity contribution >= 4 is 5.84 Å². The highest BCUT2D eigenvalue weighted by Gasteiger charge is 2.26. The average Bonchev–Trinajstić information content (AvgIpc) is 2.16. The molecule has 2 heteroatoms. The van der Waals surface area contributed by atoms with E-state index in [1.54, 1.807) is 0 Å². The van der Waals surface area contributed by atoms with Crippen LogP contribution in [0.2, 0.25) is 0 Å². The van der Waals surface area contributed by atoms with E-state index in [9.17, 15) is 0 Å². The minimum Gasteiger partial charge on any atom is -0.360 e. The van der Waals surface area contributed by atoms with E-state index in [2.05, 4.69) is 32.7 Å². The number of hydrogen-bond donors (Lipinski definition) is 1. The zero-order chi connectivity index (χ0) is 10.7. The molecule has 0 spiro atoms. The molecule has 0 aromatic carbocycles. The van der Waals surface area contributed by atoms with E-state index >= 15 is 0 Å². The highest BCUT2D eigenvalue weighted by molar-refractivity contribution is 5.81. The summed E-state index contributed by atoms with van der Waals surface area (Å²) in [6, 6.07) is 0.610. The van der Waals surface area contributed by atoms with Gasteiger partial charge in [-0.05, 0) is 18.8 Å². The summed E-state index contributed by atoms with van der Waals surface area (Å²) in [6.45, 7) is 6.53. The summed E-state index contributed by atoms with van der Waals surface area (Å²) in [6.07, 6.45) is 5.32. The molecule has 1 N–H and O–H groups in total. The van der Waals surface area contributed by atoms with Crippen molar-refractivity contribution in [2.75, 3.05) is 7.05 Å². The Morgan fingerprint density at radius 1 is 1.29 bits per heavy atom. The zero-order valence-corrected chi connectivity index (χ0v) is 10.0. The molecule has 0 amide bonds. The average molecular weight is 196 g/mol. The summed E-state index contributed by atoms with van der Waals surface area (Å²) in [4.78, 5) is 2.20. The molecule has 0 bridgehead atoms. The maximum absolute atomic E-state index is 8.00. The molecule has 1 aliphatic rings. The Balaban J connectivity index is 2.57. The van der Waals surface area contributed by atoms with E-state index in [-0.39, 0.29) is 0 Å². The second-order valence-corrected chi connectivity index (χ2v) is 4.98. The van der Waals surface area contributed by atoms with Crippen LogP contribution in [0, 0.1) is 17.2 Å². The van der Waals surface area contributed by atoms with E-state index in [1.165, 1.54) is 25.7 Å². The molecule has 0 radical (unpaired) electrons. The third kappa shape index (κ3) is 2.49. The van der Waals surface area contributed by atoms with Gasteiger partial charge in [0.1, 0.15) is 0 Å². The molecule has 1 saturated carbocycles. The molecular formula is C12H24N2. The van der Waals surface area contributed by atoms with Gasteiger partial charge in [0.25, 0.3) is 0 Å². The second-order valence-electron chi connectivity index (χ2n) is 4.98. The normalized spacial score (nSPS) is 27.8. The standard InChI is InChI=1S/C12H24N2/c1-9(2)12(13)14(4)11-8-6-5-7-10(11)3/h9-11,13H,5-8H2,1-4H3. The fraction of sp³-hybridized carbons (Fsp3) is 0.917. The lowest BCUT2D eigenvalue weighted by Crippen LogP contribution is -2.44. The lowest BCUT2D eigenvalue weighted by atomic mass is 9.84. The summed E-state index contributed by atoms with van der Waals surface area (Å²) in [7, 11) is 2.09. The van der Waals surface area contributed by atoms with Gasteiger partial charge in [-0.1, -0.05) is 33.6 Å². The predicted molar refractivity (Wildman–Crippen MR) is 61.7 cm³/mol. The van der Waals surface area contributed by atoms with Crippen LogP contribution in [0.5, 0.6) is 0 Å². The molecule has 0 aromatic heterocycles. The van der Waals surface area contributed by atoms with Crippen molar-refractivity contribution in [2.24, 2.45) is 11.8 Å². The van der Waals surface area contributed by atoms with Gasteiger partial charge >= 0.3 is 0 Å². The van der Waals surface area contributed by atoms with Crippen LogP contribution >= 0.6 is 0 Å². The third-order valence-corrected chi connectivity index (χ3v) is 3.49. The van der Waals surface area contributed by atoms with Gasteiger partial charge in [0.15, 0.2) is 0 Å². The van der Waals surface area contributed by atoms with Crippen LogP contribution in [0.3, 0.4) is 0 Å². The van der Waals surface area contributed by atoms with Crippen molar-refractivity contribution in [1.82, 2.24) is 4.90 Å². The monoisotopic (exact) mass is 196 g/mol. The first kappa shape index (κ1) is 11.5. The van der Waals surface area contributed by atoms with Gasteiger partial charge in [0.2, 0.25) is 0 Å². The fourth-order valence-electron chi connectivity index (χ4n) is 2.46. The molecule has 2 atom stereocenters. The predicted octanol–water partition coefficient (Wildman–Crippen LogP) is 3.13. The summed E-state index contributed by atoms with van der Waals surface area (Å²) in [5, 5.41) is 8.00. The van der Waals surface area contributed by atoms with E-state index in [4.69, 9.17) is 5.41 Å². The Labute approximate surface area is 88.2 Å². The van der Waals surface area contributed by atoms with Gasteiger partial charge in [-0.2, -0.15) is 0 Å². The van der Waals surface area contributed by atoms with Crippen molar-refractivity contribution in [1.29, 1.82) is 5.41 Å². The van der Waals surface area contributed by atoms with Crippen molar-refractivity contribution in [3.63, 3.8) is 0 Å². The zero-order valence-electron chi connectivity index (χ0n) is 10.0. The van der Waals surface area contributed by atoms with Crippen LogP contribution in [0.4, 0.5) is 0 Å². The number of nitrogens with zero attached hydrogens (tertiary/aromatic N) is 1. The summed E-state index contributed by atoms with van der Waals surface area (Å²) < 4.78 is 0. The number of amidine groups is 1. The van der Waals surface area contributed by atoms with E-state index in [1.807, 2.05) is 0 Å². The molecule has 0 saturated heterocycles. The first-order valence-electron chi connectivity index (χ1n) is 5.85. The number of hydrogen-bond acceptors (Lipinski definition) is 1. The molecule has 1 rings (SSSR count). The Bertz CT molecular complexity index is 198. The van der Waals surface area contributed by atoms with Crippen LogP contribution in [0.25, 0.3) is 0 Å². The number of rotatable bonds is 2. The fourth-order valence-corrected chi connectivity index (χ4v) is 2.46. The van der Waals surface area contributed by atoms with Crippen molar-refractivity contribution in [2.45, 2.75) is 52.5 Å². The van der Waals surface area contributed by atoms with Gasteiger partial charge in [-0.25, -0.2) is 0 Å². The molecule has 2 unspecified atom stereocenters. The van der Waals surface area contributed by atoms with E-state index < -0.39 is 0 Å². The van der Waals surface area contributed by atoms with Gasteiger partial charge in [-0.15, -0.1) is 0 Å². The lowest BCUT2D eigenvalue weighted by Gasteiger charge is -2.38. The number of nitrogens with one attached hydrogen (secondary N) is 1. The minimum atomic E-state index is 0.356. The Morgan fingerprint density at radius 2 is 1.86 bits per heavy atom. The Hall–Kier alpha value is -0.530. The quantitative estimate of drug-likeness (QED) is 0.533. The van der Waals surface area contributed by atoms with Crippen LogP contribution in [0.1, 0.15) is 46.5 Å². The Morgan fingerprint density at radius 3 is 2.36 bits per heavy atom. The molecule has 1 fully saturated rings.